The summed E-state index contributed by atoms with van der Waals surface area (Å²) in [4.78, 5) is 16.9. The van der Waals surface area contributed by atoms with Crippen molar-refractivity contribution < 1.29 is 14.3 Å². The van der Waals surface area contributed by atoms with Gasteiger partial charge in [0.15, 0.2) is 0 Å². The van der Waals surface area contributed by atoms with Gasteiger partial charge in [-0.2, -0.15) is 0 Å². The zero-order valence-electron chi connectivity index (χ0n) is 13.3. The van der Waals surface area contributed by atoms with E-state index in [0.29, 0.717) is 19.4 Å². The standard InChI is InChI=1S/C18H21NO3/c1-4-21-17(20)18(10-7-11-18)22-16-12(2)13(3)19-15-9-6-5-8-14(15)16/h5-6,8-9H,4,7,10-11H2,1-3H3. The van der Waals surface area contributed by atoms with E-state index in [0.717, 1.165) is 34.3 Å². The van der Waals surface area contributed by atoms with Gasteiger partial charge in [-0.1, -0.05) is 12.1 Å². The Morgan fingerprint density at radius 2 is 2.00 bits per heavy atom. The van der Waals surface area contributed by atoms with Gasteiger partial charge < -0.3 is 9.47 Å². The van der Waals surface area contributed by atoms with Gasteiger partial charge in [-0.05, 0) is 52.2 Å². The second kappa shape index (κ2) is 5.59. The molecule has 1 aliphatic carbocycles. The second-order valence-electron chi connectivity index (χ2n) is 5.84. The van der Waals surface area contributed by atoms with Gasteiger partial charge in [0.2, 0.25) is 5.60 Å². The van der Waals surface area contributed by atoms with Crippen molar-refractivity contribution in [3.8, 4) is 5.75 Å². The Morgan fingerprint density at radius 1 is 1.27 bits per heavy atom. The van der Waals surface area contributed by atoms with Crippen molar-refractivity contribution in [3.63, 3.8) is 0 Å². The molecule has 1 aromatic heterocycles. The van der Waals surface area contributed by atoms with E-state index in [1.807, 2.05) is 45.0 Å². The summed E-state index contributed by atoms with van der Waals surface area (Å²) in [6.45, 7) is 6.15. The molecule has 0 unspecified atom stereocenters. The molecule has 1 aromatic carbocycles. The number of hydrogen-bond acceptors (Lipinski definition) is 4. The van der Waals surface area contributed by atoms with Crippen LogP contribution in [0.25, 0.3) is 10.9 Å². The van der Waals surface area contributed by atoms with E-state index < -0.39 is 5.60 Å². The minimum Gasteiger partial charge on any atom is -0.475 e. The molecule has 0 atom stereocenters. The summed E-state index contributed by atoms with van der Waals surface area (Å²) in [5.41, 5.74) is 1.97. The Morgan fingerprint density at radius 3 is 2.64 bits per heavy atom. The van der Waals surface area contributed by atoms with Gasteiger partial charge in [-0.3, -0.25) is 4.98 Å². The van der Waals surface area contributed by atoms with E-state index in [-0.39, 0.29) is 5.97 Å². The van der Waals surface area contributed by atoms with E-state index >= 15 is 0 Å². The highest BCUT2D eigenvalue weighted by Gasteiger charge is 2.48. The molecule has 1 aliphatic rings. The minimum absolute atomic E-state index is 0.251. The fourth-order valence-corrected chi connectivity index (χ4v) is 2.83. The van der Waals surface area contributed by atoms with Crippen molar-refractivity contribution in [2.24, 2.45) is 0 Å². The van der Waals surface area contributed by atoms with Crippen LogP contribution in [0.4, 0.5) is 0 Å². The van der Waals surface area contributed by atoms with Gasteiger partial charge in [0.25, 0.3) is 0 Å². The molecule has 0 aliphatic heterocycles. The number of aromatic nitrogens is 1. The second-order valence-corrected chi connectivity index (χ2v) is 5.84. The van der Waals surface area contributed by atoms with E-state index in [4.69, 9.17) is 9.47 Å². The quantitative estimate of drug-likeness (QED) is 0.807. The normalized spacial score (nSPS) is 16.1. The Labute approximate surface area is 130 Å². The highest BCUT2D eigenvalue weighted by molar-refractivity contribution is 5.88. The van der Waals surface area contributed by atoms with Crippen LogP contribution in [-0.2, 0) is 9.53 Å². The SMILES string of the molecule is CCOC(=O)C1(Oc2c(C)c(C)nc3ccccc23)CCC1. The molecule has 4 heteroatoms. The number of hydrogen-bond donors (Lipinski definition) is 0. The van der Waals surface area contributed by atoms with Gasteiger partial charge in [0.05, 0.1) is 12.1 Å². The predicted molar refractivity (Wildman–Crippen MR) is 85.1 cm³/mol. The van der Waals surface area contributed by atoms with Crippen LogP contribution in [0.15, 0.2) is 24.3 Å². The average molecular weight is 299 g/mol. The molecule has 116 valence electrons. The molecule has 1 saturated carbocycles. The third-order valence-electron chi connectivity index (χ3n) is 4.43. The maximum atomic E-state index is 12.3. The van der Waals surface area contributed by atoms with Crippen molar-refractivity contribution in [1.29, 1.82) is 0 Å². The number of rotatable bonds is 4. The molecule has 4 nitrogen and oxygen atoms in total. The first-order valence-electron chi connectivity index (χ1n) is 7.79. The lowest BCUT2D eigenvalue weighted by molar-refractivity contribution is -0.169. The van der Waals surface area contributed by atoms with E-state index in [2.05, 4.69) is 4.98 Å². The van der Waals surface area contributed by atoms with Crippen LogP contribution in [0.3, 0.4) is 0 Å². The molecule has 0 bridgehead atoms. The molecule has 1 heterocycles. The van der Waals surface area contributed by atoms with Gasteiger partial charge in [-0.15, -0.1) is 0 Å². The number of pyridine rings is 1. The summed E-state index contributed by atoms with van der Waals surface area (Å²) >= 11 is 0. The van der Waals surface area contributed by atoms with Crippen molar-refractivity contribution in [2.45, 2.75) is 45.6 Å². The largest absolute Gasteiger partial charge is 0.475 e. The Kier molecular flexibility index (Phi) is 3.77. The van der Waals surface area contributed by atoms with Crippen molar-refractivity contribution >= 4 is 16.9 Å². The van der Waals surface area contributed by atoms with Crippen LogP contribution in [0.5, 0.6) is 5.75 Å². The van der Waals surface area contributed by atoms with Crippen molar-refractivity contribution in [3.05, 3.63) is 35.5 Å². The number of para-hydroxylation sites is 1. The van der Waals surface area contributed by atoms with Crippen LogP contribution in [0.2, 0.25) is 0 Å². The Hall–Kier alpha value is -2.10. The number of ether oxygens (including phenoxy) is 2. The molecular weight excluding hydrogens is 278 g/mol. The van der Waals surface area contributed by atoms with Gasteiger partial charge in [-0.25, -0.2) is 4.79 Å². The summed E-state index contributed by atoms with van der Waals surface area (Å²) in [6, 6.07) is 7.87. The predicted octanol–water partition coefficient (Wildman–Crippen LogP) is 3.72. The van der Waals surface area contributed by atoms with Crippen LogP contribution in [0, 0.1) is 13.8 Å². The summed E-state index contributed by atoms with van der Waals surface area (Å²) in [5.74, 6) is 0.509. The summed E-state index contributed by atoms with van der Waals surface area (Å²) < 4.78 is 11.5. The molecular formula is C18H21NO3. The highest BCUT2D eigenvalue weighted by atomic mass is 16.6. The molecule has 0 amide bonds. The van der Waals surface area contributed by atoms with Crippen LogP contribution >= 0.6 is 0 Å². The fourth-order valence-electron chi connectivity index (χ4n) is 2.83. The van der Waals surface area contributed by atoms with E-state index in [9.17, 15) is 4.79 Å². The number of benzene rings is 1. The number of aryl methyl sites for hydroxylation is 1. The van der Waals surface area contributed by atoms with Gasteiger partial charge in [0, 0.05) is 16.6 Å². The highest BCUT2D eigenvalue weighted by Crippen LogP contribution is 2.41. The van der Waals surface area contributed by atoms with Crippen LogP contribution in [-0.4, -0.2) is 23.2 Å². The molecule has 3 rings (SSSR count). The lowest BCUT2D eigenvalue weighted by atomic mass is 9.80. The molecule has 0 N–H and O–H groups in total. The first-order valence-corrected chi connectivity index (χ1v) is 7.79. The average Bonchev–Trinajstić information content (AvgIpc) is 2.46. The van der Waals surface area contributed by atoms with Gasteiger partial charge in [0.1, 0.15) is 5.75 Å². The summed E-state index contributed by atoms with van der Waals surface area (Å²) in [6.07, 6.45) is 2.40. The lowest BCUT2D eigenvalue weighted by Crippen LogP contribution is -2.51. The Balaban J connectivity index is 2.06. The topological polar surface area (TPSA) is 48.4 Å². The lowest BCUT2D eigenvalue weighted by Gasteiger charge is -2.39. The third-order valence-corrected chi connectivity index (χ3v) is 4.43. The van der Waals surface area contributed by atoms with Crippen molar-refractivity contribution in [2.75, 3.05) is 6.61 Å². The monoisotopic (exact) mass is 299 g/mol. The molecule has 0 radical (unpaired) electrons. The van der Waals surface area contributed by atoms with E-state index in [1.54, 1.807) is 0 Å². The number of carbonyl (C=O) groups is 1. The Bertz CT molecular complexity index is 720. The van der Waals surface area contributed by atoms with E-state index in [1.165, 1.54) is 0 Å². The minimum atomic E-state index is -0.822. The summed E-state index contributed by atoms with van der Waals surface area (Å²) in [7, 11) is 0. The fraction of sp³-hybridized carbons (Fsp3) is 0.444. The van der Waals surface area contributed by atoms with Crippen LogP contribution < -0.4 is 4.74 Å². The number of esters is 1. The first-order chi connectivity index (χ1) is 10.6. The van der Waals surface area contributed by atoms with Crippen LogP contribution in [0.1, 0.15) is 37.4 Å². The molecule has 22 heavy (non-hydrogen) atoms. The maximum Gasteiger partial charge on any atom is 0.350 e. The summed E-state index contributed by atoms with van der Waals surface area (Å²) in [5, 5.41) is 0.946. The maximum absolute atomic E-state index is 12.3. The first kappa shape index (κ1) is 14.8. The molecule has 0 spiro atoms. The zero-order chi connectivity index (χ0) is 15.7. The van der Waals surface area contributed by atoms with Crippen molar-refractivity contribution in [1.82, 2.24) is 4.98 Å². The zero-order valence-corrected chi connectivity index (χ0v) is 13.3. The smallest absolute Gasteiger partial charge is 0.350 e. The van der Waals surface area contributed by atoms with Gasteiger partial charge >= 0.3 is 5.97 Å². The third kappa shape index (κ3) is 2.32. The molecule has 1 fully saturated rings. The number of nitrogens with zero attached hydrogens (tertiary/aromatic N) is 1. The molecule has 2 aromatic rings. The molecule has 0 saturated heterocycles. The number of carbonyl (C=O) groups excluding carboxylic acids is 1. The number of fused-ring (bicyclic) bond motifs is 1.